The molecule has 0 aromatic heterocycles. The van der Waals surface area contributed by atoms with Crippen LogP contribution in [0.5, 0.6) is 0 Å². The van der Waals surface area contributed by atoms with Crippen LogP contribution < -0.4 is 0 Å². The molecule has 1 heteroatoms. The predicted octanol–water partition coefficient (Wildman–Crippen LogP) is 3.74. The molecule has 1 nitrogen and oxygen atoms in total. The molecular formula is C13H22O. The molecule has 0 aliphatic heterocycles. The molecule has 1 saturated carbocycles. The summed E-state index contributed by atoms with van der Waals surface area (Å²) in [6.07, 6.45) is 8.11. The monoisotopic (exact) mass is 194 g/mol. The van der Waals surface area contributed by atoms with Crippen LogP contribution in [-0.4, -0.2) is 5.78 Å². The molecule has 0 radical (unpaired) electrons. The molecule has 0 aromatic rings. The molecule has 1 atom stereocenters. The van der Waals surface area contributed by atoms with Gasteiger partial charge in [-0.25, -0.2) is 0 Å². The maximum absolute atomic E-state index is 11.0. The average Bonchev–Trinajstić information content (AvgIpc) is 2.01. The Morgan fingerprint density at radius 3 is 2.86 bits per heavy atom. The summed E-state index contributed by atoms with van der Waals surface area (Å²) >= 11 is 0. The Labute approximate surface area is 87.6 Å². The van der Waals surface area contributed by atoms with Gasteiger partial charge in [-0.05, 0) is 56.9 Å². The van der Waals surface area contributed by atoms with Crippen molar-refractivity contribution in [2.45, 2.75) is 52.9 Å². The second kappa shape index (κ2) is 5.33. The van der Waals surface area contributed by atoms with Crippen LogP contribution in [0.1, 0.15) is 52.9 Å². The zero-order chi connectivity index (χ0) is 10.6. The van der Waals surface area contributed by atoms with Crippen molar-refractivity contribution in [2.75, 3.05) is 0 Å². The molecule has 0 aromatic carbocycles. The van der Waals surface area contributed by atoms with Crippen molar-refractivity contribution in [2.24, 2.45) is 11.8 Å². The lowest BCUT2D eigenvalue weighted by Gasteiger charge is -2.25. The highest BCUT2D eigenvalue weighted by atomic mass is 16.1. The molecule has 1 rings (SSSR count). The van der Waals surface area contributed by atoms with Crippen molar-refractivity contribution >= 4 is 5.78 Å². The fraction of sp³-hybridized carbons (Fsp3) is 0.769. The van der Waals surface area contributed by atoms with Crippen molar-refractivity contribution in [1.82, 2.24) is 0 Å². The molecule has 1 aliphatic rings. The van der Waals surface area contributed by atoms with Gasteiger partial charge in [-0.3, -0.25) is 4.79 Å². The fourth-order valence-electron chi connectivity index (χ4n) is 2.48. The van der Waals surface area contributed by atoms with Gasteiger partial charge in [0, 0.05) is 0 Å². The number of rotatable bonds is 3. The van der Waals surface area contributed by atoms with Gasteiger partial charge in [0.25, 0.3) is 0 Å². The fourth-order valence-corrected chi connectivity index (χ4v) is 2.48. The molecular weight excluding hydrogens is 172 g/mol. The van der Waals surface area contributed by atoms with Crippen LogP contribution in [0.3, 0.4) is 0 Å². The Kier molecular flexibility index (Phi) is 4.37. The molecule has 1 fully saturated rings. The van der Waals surface area contributed by atoms with Crippen LogP contribution in [0.4, 0.5) is 0 Å². The second-order valence-corrected chi connectivity index (χ2v) is 5.01. The van der Waals surface area contributed by atoms with E-state index in [1.165, 1.54) is 24.8 Å². The molecule has 0 saturated heterocycles. The SMILES string of the molecule is CC(=O)C=C1CCCC(CC(C)C)C1. The molecule has 0 heterocycles. The molecule has 80 valence electrons. The first-order valence-electron chi connectivity index (χ1n) is 5.78. The molecule has 0 amide bonds. The topological polar surface area (TPSA) is 17.1 Å². The summed E-state index contributed by atoms with van der Waals surface area (Å²) < 4.78 is 0. The maximum atomic E-state index is 11.0. The van der Waals surface area contributed by atoms with Gasteiger partial charge in [-0.1, -0.05) is 19.4 Å². The van der Waals surface area contributed by atoms with Crippen molar-refractivity contribution in [3.8, 4) is 0 Å². The van der Waals surface area contributed by atoms with E-state index in [9.17, 15) is 4.79 Å². The number of carbonyl (C=O) groups is 1. The summed E-state index contributed by atoms with van der Waals surface area (Å²) in [4.78, 5) is 11.0. The summed E-state index contributed by atoms with van der Waals surface area (Å²) in [5.41, 5.74) is 1.38. The third kappa shape index (κ3) is 4.08. The summed E-state index contributed by atoms with van der Waals surface area (Å²) in [6.45, 7) is 6.21. The Bertz CT molecular complexity index is 225. The normalized spacial score (nSPS) is 25.7. The van der Waals surface area contributed by atoms with E-state index in [2.05, 4.69) is 13.8 Å². The zero-order valence-electron chi connectivity index (χ0n) is 9.68. The molecule has 1 aliphatic carbocycles. The molecule has 0 N–H and O–H groups in total. The Balaban J connectivity index is 2.47. The minimum Gasteiger partial charge on any atom is -0.295 e. The van der Waals surface area contributed by atoms with Crippen molar-refractivity contribution < 1.29 is 4.79 Å². The minimum absolute atomic E-state index is 0.213. The summed E-state index contributed by atoms with van der Waals surface area (Å²) in [6, 6.07) is 0. The molecule has 0 bridgehead atoms. The van der Waals surface area contributed by atoms with Crippen LogP contribution in [-0.2, 0) is 4.79 Å². The van der Waals surface area contributed by atoms with Gasteiger partial charge < -0.3 is 0 Å². The second-order valence-electron chi connectivity index (χ2n) is 5.01. The van der Waals surface area contributed by atoms with E-state index in [1.54, 1.807) is 6.92 Å². The number of ketones is 1. The van der Waals surface area contributed by atoms with Gasteiger partial charge in [-0.2, -0.15) is 0 Å². The van der Waals surface area contributed by atoms with Crippen LogP contribution in [0.2, 0.25) is 0 Å². The third-order valence-corrected chi connectivity index (χ3v) is 2.87. The number of hydrogen-bond acceptors (Lipinski definition) is 1. The first-order valence-corrected chi connectivity index (χ1v) is 5.78. The van der Waals surface area contributed by atoms with Gasteiger partial charge >= 0.3 is 0 Å². The lowest BCUT2D eigenvalue weighted by Crippen LogP contribution is -2.11. The van der Waals surface area contributed by atoms with Crippen LogP contribution >= 0.6 is 0 Å². The van der Waals surface area contributed by atoms with E-state index in [-0.39, 0.29) is 5.78 Å². The van der Waals surface area contributed by atoms with Gasteiger partial charge in [-0.15, -0.1) is 0 Å². The highest BCUT2D eigenvalue weighted by Crippen LogP contribution is 2.32. The highest BCUT2D eigenvalue weighted by Gasteiger charge is 2.17. The summed E-state index contributed by atoms with van der Waals surface area (Å²) in [7, 11) is 0. The average molecular weight is 194 g/mol. The highest BCUT2D eigenvalue weighted by molar-refractivity contribution is 5.87. The Morgan fingerprint density at radius 1 is 1.57 bits per heavy atom. The Hall–Kier alpha value is -0.590. The molecule has 14 heavy (non-hydrogen) atoms. The largest absolute Gasteiger partial charge is 0.295 e. The quantitative estimate of drug-likeness (QED) is 0.625. The lowest BCUT2D eigenvalue weighted by atomic mass is 9.81. The predicted molar refractivity (Wildman–Crippen MR) is 60.2 cm³/mol. The van der Waals surface area contributed by atoms with Crippen molar-refractivity contribution in [3.63, 3.8) is 0 Å². The van der Waals surface area contributed by atoms with Crippen molar-refractivity contribution in [1.29, 1.82) is 0 Å². The maximum Gasteiger partial charge on any atom is 0.152 e. The third-order valence-electron chi connectivity index (χ3n) is 2.87. The van der Waals surface area contributed by atoms with Crippen LogP contribution in [0, 0.1) is 11.8 Å². The first-order chi connectivity index (χ1) is 6.58. The number of hydrogen-bond donors (Lipinski definition) is 0. The Morgan fingerprint density at radius 2 is 2.29 bits per heavy atom. The van der Waals surface area contributed by atoms with E-state index >= 15 is 0 Å². The number of allylic oxidation sites excluding steroid dienone is 2. The standard InChI is InChI=1S/C13H22O/c1-10(2)7-12-5-4-6-13(9-12)8-11(3)14/h8,10,12H,4-7,9H2,1-3H3. The first kappa shape index (κ1) is 11.5. The van der Waals surface area contributed by atoms with Gasteiger partial charge in [0.05, 0.1) is 0 Å². The summed E-state index contributed by atoms with van der Waals surface area (Å²) in [5.74, 6) is 1.83. The lowest BCUT2D eigenvalue weighted by molar-refractivity contribution is -0.112. The summed E-state index contributed by atoms with van der Waals surface area (Å²) in [5, 5.41) is 0. The van der Waals surface area contributed by atoms with Crippen molar-refractivity contribution in [3.05, 3.63) is 11.6 Å². The van der Waals surface area contributed by atoms with Gasteiger partial charge in [0.1, 0.15) is 0 Å². The zero-order valence-corrected chi connectivity index (χ0v) is 9.68. The van der Waals surface area contributed by atoms with Gasteiger partial charge in [0.15, 0.2) is 5.78 Å². The van der Waals surface area contributed by atoms with E-state index in [1.807, 2.05) is 6.08 Å². The van der Waals surface area contributed by atoms with Crippen LogP contribution in [0.25, 0.3) is 0 Å². The molecule has 1 unspecified atom stereocenters. The van der Waals surface area contributed by atoms with E-state index in [0.717, 1.165) is 24.7 Å². The smallest absolute Gasteiger partial charge is 0.152 e. The minimum atomic E-state index is 0.213. The van der Waals surface area contributed by atoms with Crippen LogP contribution in [0.15, 0.2) is 11.6 Å². The van der Waals surface area contributed by atoms with Gasteiger partial charge in [0.2, 0.25) is 0 Å². The van der Waals surface area contributed by atoms with E-state index < -0.39 is 0 Å². The molecule has 0 spiro atoms. The number of carbonyl (C=O) groups excluding carboxylic acids is 1. The van der Waals surface area contributed by atoms with E-state index in [0.29, 0.717) is 0 Å². The van der Waals surface area contributed by atoms with E-state index in [4.69, 9.17) is 0 Å².